The molecular weight excluding hydrogens is 395 g/mol. The number of carbonyl (C=O) groups excluding carboxylic acids is 1. The Balaban J connectivity index is 1.95. The third-order valence-corrected chi connectivity index (χ3v) is 4.99. The molecule has 0 saturated heterocycles. The Morgan fingerprint density at radius 3 is 2.53 bits per heavy atom. The number of aromatic nitrogens is 2. The summed E-state index contributed by atoms with van der Waals surface area (Å²) in [5.74, 6) is -3.13. The molecule has 0 fully saturated rings. The lowest BCUT2D eigenvalue weighted by atomic mass is 9.94. The van der Waals surface area contributed by atoms with Crippen LogP contribution < -0.4 is 10.1 Å². The van der Waals surface area contributed by atoms with Crippen LogP contribution in [0.2, 0.25) is 0 Å². The summed E-state index contributed by atoms with van der Waals surface area (Å²) in [6, 6.07) is 9.19. The highest BCUT2D eigenvalue weighted by molar-refractivity contribution is 5.98. The van der Waals surface area contributed by atoms with Crippen LogP contribution in [-0.2, 0) is 11.3 Å². The largest absolute Gasteiger partial charge is 0.482 e. The fourth-order valence-electron chi connectivity index (χ4n) is 3.73. The van der Waals surface area contributed by atoms with E-state index in [0.717, 1.165) is 18.1 Å². The molecule has 156 valence electrons. The SMILES string of the molecule is Cc1nn(CC(C)(F)F)c(-c2ccc(F)cc2)c1-c1ccc2c(c1C)NC(=O)CO2. The maximum atomic E-state index is 13.9. The first kappa shape index (κ1) is 20.0. The molecule has 3 aromatic rings. The molecule has 0 radical (unpaired) electrons. The minimum Gasteiger partial charge on any atom is -0.482 e. The molecule has 1 aliphatic heterocycles. The summed E-state index contributed by atoms with van der Waals surface area (Å²) in [6.07, 6.45) is 0. The van der Waals surface area contributed by atoms with E-state index in [0.29, 0.717) is 34.0 Å². The van der Waals surface area contributed by atoms with Crippen molar-refractivity contribution >= 4 is 11.6 Å². The van der Waals surface area contributed by atoms with Crippen LogP contribution in [0.5, 0.6) is 5.75 Å². The van der Waals surface area contributed by atoms with Crippen LogP contribution in [0, 0.1) is 19.7 Å². The van der Waals surface area contributed by atoms with Crippen molar-refractivity contribution < 1.29 is 22.7 Å². The second-order valence-electron chi connectivity index (χ2n) is 7.49. The van der Waals surface area contributed by atoms with Gasteiger partial charge in [0.05, 0.1) is 17.1 Å². The van der Waals surface area contributed by atoms with E-state index in [1.165, 1.54) is 28.9 Å². The Bertz CT molecular complexity index is 1130. The number of rotatable bonds is 4. The number of ether oxygens (including phenoxy) is 1. The number of benzene rings is 2. The minimum atomic E-state index is -2.99. The molecule has 5 nitrogen and oxygen atoms in total. The number of amides is 1. The summed E-state index contributed by atoms with van der Waals surface area (Å²) >= 11 is 0. The van der Waals surface area contributed by atoms with Crippen molar-refractivity contribution in [3.63, 3.8) is 0 Å². The van der Waals surface area contributed by atoms with Gasteiger partial charge in [0, 0.05) is 18.1 Å². The molecule has 0 spiro atoms. The number of halogens is 3. The fourth-order valence-corrected chi connectivity index (χ4v) is 3.73. The number of anilines is 1. The zero-order valence-electron chi connectivity index (χ0n) is 16.7. The number of aryl methyl sites for hydroxylation is 1. The Kier molecular flexibility index (Phi) is 4.80. The van der Waals surface area contributed by atoms with Gasteiger partial charge in [-0.2, -0.15) is 5.10 Å². The summed E-state index contributed by atoms with van der Waals surface area (Å²) in [6.45, 7) is 3.71. The van der Waals surface area contributed by atoms with Gasteiger partial charge >= 0.3 is 0 Å². The Morgan fingerprint density at radius 1 is 1.17 bits per heavy atom. The summed E-state index contributed by atoms with van der Waals surface area (Å²) < 4.78 is 48.0. The van der Waals surface area contributed by atoms with E-state index in [-0.39, 0.29) is 12.5 Å². The number of alkyl halides is 2. The van der Waals surface area contributed by atoms with Crippen molar-refractivity contribution in [1.29, 1.82) is 0 Å². The molecule has 2 aromatic carbocycles. The number of nitrogens with zero attached hydrogens (tertiary/aromatic N) is 2. The standard InChI is InChI=1S/C22H20F3N3O2/c1-12-16(8-9-17-20(12)26-18(29)10-30-17)19-13(2)27-28(11-22(3,24)25)21(19)14-4-6-15(23)7-5-14/h4-9H,10-11H2,1-3H3,(H,26,29). The van der Waals surface area contributed by atoms with Crippen LogP contribution in [0.4, 0.5) is 18.9 Å². The van der Waals surface area contributed by atoms with E-state index in [4.69, 9.17) is 4.74 Å². The van der Waals surface area contributed by atoms with Crippen molar-refractivity contribution in [3.8, 4) is 28.1 Å². The maximum absolute atomic E-state index is 13.9. The lowest BCUT2D eigenvalue weighted by Crippen LogP contribution is -2.26. The highest BCUT2D eigenvalue weighted by atomic mass is 19.3. The van der Waals surface area contributed by atoms with Gasteiger partial charge in [0.25, 0.3) is 11.8 Å². The molecule has 2 heterocycles. The number of fused-ring (bicyclic) bond motifs is 1. The topological polar surface area (TPSA) is 56.2 Å². The monoisotopic (exact) mass is 415 g/mol. The van der Waals surface area contributed by atoms with Crippen LogP contribution in [0.3, 0.4) is 0 Å². The van der Waals surface area contributed by atoms with Crippen LogP contribution in [-0.4, -0.2) is 28.2 Å². The zero-order valence-corrected chi connectivity index (χ0v) is 16.7. The van der Waals surface area contributed by atoms with Gasteiger partial charge in [0.1, 0.15) is 18.1 Å². The smallest absolute Gasteiger partial charge is 0.264 e. The summed E-state index contributed by atoms with van der Waals surface area (Å²) in [7, 11) is 0. The van der Waals surface area contributed by atoms with Crippen LogP contribution in [0.15, 0.2) is 36.4 Å². The molecule has 0 atom stereocenters. The first-order valence-electron chi connectivity index (χ1n) is 9.42. The molecule has 1 aliphatic rings. The van der Waals surface area contributed by atoms with Gasteiger partial charge in [0.2, 0.25) is 0 Å². The van der Waals surface area contributed by atoms with Gasteiger partial charge in [-0.15, -0.1) is 0 Å². The lowest BCUT2D eigenvalue weighted by Gasteiger charge is -2.22. The summed E-state index contributed by atoms with van der Waals surface area (Å²) in [5, 5.41) is 7.17. The molecule has 1 aromatic heterocycles. The van der Waals surface area contributed by atoms with Gasteiger partial charge in [0.15, 0.2) is 6.61 Å². The summed E-state index contributed by atoms with van der Waals surface area (Å²) in [5.41, 5.74) is 4.21. The normalized spacial score (nSPS) is 13.6. The molecule has 30 heavy (non-hydrogen) atoms. The van der Waals surface area contributed by atoms with E-state index >= 15 is 0 Å². The van der Waals surface area contributed by atoms with Crippen LogP contribution in [0.25, 0.3) is 22.4 Å². The quantitative estimate of drug-likeness (QED) is 0.655. The van der Waals surface area contributed by atoms with Crippen molar-refractivity contribution in [2.45, 2.75) is 33.2 Å². The molecule has 1 amide bonds. The summed E-state index contributed by atoms with van der Waals surface area (Å²) in [4.78, 5) is 11.8. The number of carbonyl (C=O) groups is 1. The van der Waals surface area contributed by atoms with Gasteiger partial charge in [-0.1, -0.05) is 6.07 Å². The zero-order chi connectivity index (χ0) is 21.6. The Morgan fingerprint density at radius 2 is 1.87 bits per heavy atom. The third-order valence-electron chi connectivity index (χ3n) is 4.99. The predicted octanol–water partition coefficient (Wildman–Crippen LogP) is 4.96. The fraction of sp³-hybridized carbons (Fsp3) is 0.273. The number of hydrogen-bond acceptors (Lipinski definition) is 3. The molecule has 4 rings (SSSR count). The first-order chi connectivity index (χ1) is 14.1. The predicted molar refractivity (Wildman–Crippen MR) is 107 cm³/mol. The molecule has 0 saturated carbocycles. The molecule has 8 heteroatoms. The average Bonchev–Trinajstić information content (AvgIpc) is 2.97. The van der Waals surface area contributed by atoms with E-state index < -0.39 is 18.3 Å². The number of hydrogen-bond donors (Lipinski definition) is 1. The second kappa shape index (κ2) is 7.19. The van der Waals surface area contributed by atoms with Gasteiger partial charge in [-0.3, -0.25) is 9.48 Å². The highest BCUT2D eigenvalue weighted by Gasteiger charge is 2.29. The van der Waals surface area contributed by atoms with Crippen molar-refractivity contribution in [2.24, 2.45) is 0 Å². The van der Waals surface area contributed by atoms with E-state index in [1.807, 2.05) is 13.0 Å². The van der Waals surface area contributed by atoms with Gasteiger partial charge in [-0.25, -0.2) is 13.2 Å². The van der Waals surface area contributed by atoms with E-state index in [1.54, 1.807) is 13.0 Å². The molecule has 0 aliphatic carbocycles. The van der Waals surface area contributed by atoms with E-state index in [9.17, 15) is 18.0 Å². The van der Waals surface area contributed by atoms with Crippen molar-refractivity contribution in [1.82, 2.24) is 9.78 Å². The van der Waals surface area contributed by atoms with E-state index in [2.05, 4.69) is 10.4 Å². The van der Waals surface area contributed by atoms with Gasteiger partial charge < -0.3 is 10.1 Å². The second-order valence-corrected chi connectivity index (χ2v) is 7.49. The highest BCUT2D eigenvalue weighted by Crippen LogP contribution is 2.42. The van der Waals surface area contributed by atoms with Crippen LogP contribution in [0.1, 0.15) is 18.2 Å². The average molecular weight is 415 g/mol. The Labute approximate surface area is 171 Å². The van der Waals surface area contributed by atoms with Crippen LogP contribution >= 0.6 is 0 Å². The third kappa shape index (κ3) is 3.65. The van der Waals surface area contributed by atoms with Crippen molar-refractivity contribution in [2.75, 3.05) is 11.9 Å². The molecular formula is C22H20F3N3O2. The number of nitrogens with one attached hydrogen (secondary N) is 1. The molecule has 1 N–H and O–H groups in total. The van der Waals surface area contributed by atoms with Crippen molar-refractivity contribution in [3.05, 3.63) is 53.5 Å². The molecule has 0 unspecified atom stereocenters. The Hall–Kier alpha value is -3.29. The van der Waals surface area contributed by atoms with Gasteiger partial charge in [-0.05, 0) is 55.3 Å². The molecule has 0 bridgehead atoms. The minimum absolute atomic E-state index is 0.0604. The lowest BCUT2D eigenvalue weighted by molar-refractivity contribution is -0.118. The first-order valence-corrected chi connectivity index (χ1v) is 9.42. The maximum Gasteiger partial charge on any atom is 0.264 e.